The number of hydrogen-bond donors (Lipinski definition) is 1. The number of rotatable bonds is 8. The van der Waals surface area contributed by atoms with Gasteiger partial charge in [0, 0.05) is 17.2 Å². The van der Waals surface area contributed by atoms with Crippen LogP contribution in [0.25, 0.3) is 11.1 Å². The van der Waals surface area contributed by atoms with Crippen molar-refractivity contribution in [2.75, 3.05) is 5.32 Å². The van der Waals surface area contributed by atoms with Crippen molar-refractivity contribution in [1.29, 1.82) is 0 Å². The van der Waals surface area contributed by atoms with Gasteiger partial charge in [0.15, 0.2) is 5.78 Å². The van der Waals surface area contributed by atoms with Crippen LogP contribution in [0.3, 0.4) is 0 Å². The highest BCUT2D eigenvalue weighted by Gasteiger charge is 2.46. The Morgan fingerprint density at radius 2 is 1.41 bits per heavy atom. The summed E-state index contributed by atoms with van der Waals surface area (Å²) < 4.78 is 5.50. The Hall–Kier alpha value is -5.44. The van der Waals surface area contributed by atoms with Gasteiger partial charge in [-0.2, -0.15) is 0 Å². The molecule has 1 N–H and O–H groups in total. The van der Waals surface area contributed by atoms with Gasteiger partial charge in [-0.15, -0.1) is 0 Å². The number of amides is 1. The molecule has 4 aromatic carbocycles. The molecule has 9 nitrogen and oxygen atoms in total. The third-order valence-corrected chi connectivity index (χ3v) is 6.44. The Labute approximate surface area is 222 Å². The standard InChI is InChI=1S/C30H20N2O7/c33-26(20-13-5-4-12-19(20)18-10-2-1-3-11-18)25(28-21-14-6-7-15-22(21)30(36)39-28)27(34)29(35)31-23-16-8-9-17-24(23)32(37)38/h1-17,25,28H,(H,31,35)/t25-,28+/m1/s1. The molecule has 0 aromatic heterocycles. The third kappa shape index (κ3) is 4.80. The number of fused-ring (bicyclic) bond motifs is 1. The number of benzene rings is 4. The average molecular weight is 520 g/mol. The number of ether oxygens (including phenoxy) is 1. The topological polar surface area (TPSA) is 133 Å². The molecule has 2 atom stereocenters. The van der Waals surface area contributed by atoms with Gasteiger partial charge in [-0.1, -0.05) is 84.9 Å². The Morgan fingerprint density at radius 1 is 0.795 bits per heavy atom. The third-order valence-electron chi connectivity index (χ3n) is 6.44. The van der Waals surface area contributed by atoms with Gasteiger partial charge >= 0.3 is 5.97 Å². The fourth-order valence-corrected chi connectivity index (χ4v) is 4.61. The molecule has 1 aliphatic heterocycles. The summed E-state index contributed by atoms with van der Waals surface area (Å²) in [4.78, 5) is 64.3. The van der Waals surface area contributed by atoms with Crippen molar-refractivity contribution in [3.8, 4) is 11.1 Å². The first-order valence-electron chi connectivity index (χ1n) is 11.9. The number of Topliss-reactive ketones (excluding diaryl/α,β-unsaturated/α-hetero) is 2. The molecular formula is C30H20N2O7. The zero-order valence-corrected chi connectivity index (χ0v) is 20.3. The molecule has 0 saturated heterocycles. The van der Waals surface area contributed by atoms with E-state index in [1.165, 1.54) is 36.4 Å². The maximum absolute atomic E-state index is 14.1. The quantitative estimate of drug-likeness (QED) is 0.0845. The van der Waals surface area contributed by atoms with E-state index in [9.17, 15) is 29.3 Å². The number of nitrogens with zero attached hydrogens (tertiary/aromatic N) is 1. The minimum Gasteiger partial charge on any atom is -0.453 e. The summed E-state index contributed by atoms with van der Waals surface area (Å²) in [7, 11) is 0. The van der Waals surface area contributed by atoms with Gasteiger partial charge in [0.1, 0.15) is 17.7 Å². The maximum atomic E-state index is 14.1. The van der Waals surface area contributed by atoms with Crippen LogP contribution in [0.4, 0.5) is 11.4 Å². The summed E-state index contributed by atoms with van der Waals surface area (Å²) in [6, 6.07) is 27.3. The van der Waals surface area contributed by atoms with Crippen LogP contribution in [-0.2, 0) is 14.3 Å². The van der Waals surface area contributed by atoms with E-state index < -0.39 is 46.1 Å². The van der Waals surface area contributed by atoms with E-state index >= 15 is 0 Å². The number of hydrogen-bond acceptors (Lipinski definition) is 7. The number of esters is 1. The molecule has 0 aliphatic carbocycles. The number of nitro groups is 1. The van der Waals surface area contributed by atoms with E-state index in [2.05, 4.69) is 5.32 Å². The highest BCUT2D eigenvalue weighted by Crippen LogP contribution is 2.39. The highest BCUT2D eigenvalue weighted by atomic mass is 16.6. The van der Waals surface area contributed by atoms with Crippen molar-refractivity contribution in [3.05, 3.63) is 130 Å². The lowest BCUT2D eigenvalue weighted by molar-refractivity contribution is -0.383. The first-order chi connectivity index (χ1) is 18.9. The van der Waals surface area contributed by atoms with Gasteiger partial charge in [-0.05, 0) is 23.3 Å². The van der Waals surface area contributed by atoms with E-state index in [0.717, 1.165) is 0 Å². The fourth-order valence-electron chi connectivity index (χ4n) is 4.61. The minimum absolute atomic E-state index is 0.154. The summed E-state index contributed by atoms with van der Waals surface area (Å²) in [5.41, 5.74) is 1.24. The molecule has 192 valence electrons. The molecule has 0 fully saturated rings. The first-order valence-corrected chi connectivity index (χ1v) is 11.9. The number of nitro benzene ring substituents is 1. The van der Waals surface area contributed by atoms with Crippen molar-refractivity contribution >= 4 is 34.8 Å². The van der Waals surface area contributed by atoms with E-state index in [4.69, 9.17) is 4.74 Å². The lowest BCUT2D eigenvalue weighted by Crippen LogP contribution is -2.38. The number of para-hydroxylation sites is 2. The second kappa shape index (κ2) is 10.5. The highest BCUT2D eigenvalue weighted by molar-refractivity contribution is 6.45. The molecule has 0 radical (unpaired) electrons. The lowest BCUT2D eigenvalue weighted by atomic mass is 9.82. The molecule has 0 spiro atoms. The predicted octanol–water partition coefficient (Wildman–Crippen LogP) is 5.18. The molecule has 1 heterocycles. The molecule has 0 bridgehead atoms. The number of ketones is 2. The van der Waals surface area contributed by atoms with Crippen LogP contribution >= 0.6 is 0 Å². The Kier molecular flexibility index (Phi) is 6.79. The minimum atomic E-state index is -1.75. The van der Waals surface area contributed by atoms with E-state index in [1.54, 1.807) is 60.7 Å². The molecule has 1 amide bonds. The number of carbonyl (C=O) groups excluding carboxylic acids is 4. The smallest absolute Gasteiger partial charge is 0.339 e. The van der Waals surface area contributed by atoms with Gasteiger partial charge in [0.05, 0.1) is 10.5 Å². The van der Waals surface area contributed by atoms with Crippen LogP contribution in [0, 0.1) is 16.0 Å². The van der Waals surface area contributed by atoms with E-state index in [0.29, 0.717) is 16.7 Å². The summed E-state index contributed by atoms with van der Waals surface area (Å²) in [6.07, 6.45) is -1.37. The summed E-state index contributed by atoms with van der Waals surface area (Å²) in [5.74, 6) is -5.65. The largest absolute Gasteiger partial charge is 0.453 e. The van der Waals surface area contributed by atoms with E-state index in [1.807, 2.05) is 6.07 Å². The zero-order valence-electron chi connectivity index (χ0n) is 20.3. The van der Waals surface area contributed by atoms with Crippen LogP contribution in [0.5, 0.6) is 0 Å². The SMILES string of the molecule is O=C(Nc1ccccc1[N+](=O)[O-])C(=O)[C@@H](C(=O)c1ccccc1-c1ccccc1)[C@H]1OC(=O)c2ccccc21. The number of nitrogens with one attached hydrogen (secondary N) is 1. The normalized spacial score (nSPS) is 14.6. The van der Waals surface area contributed by atoms with Gasteiger partial charge in [-0.25, -0.2) is 4.79 Å². The first kappa shape index (κ1) is 25.2. The van der Waals surface area contributed by atoms with Crippen LogP contribution in [-0.4, -0.2) is 28.4 Å². The molecule has 0 saturated carbocycles. The van der Waals surface area contributed by atoms with Crippen molar-refractivity contribution < 1.29 is 28.8 Å². The molecule has 4 aromatic rings. The van der Waals surface area contributed by atoms with Crippen molar-refractivity contribution in [1.82, 2.24) is 0 Å². The predicted molar refractivity (Wildman–Crippen MR) is 141 cm³/mol. The molecule has 1 aliphatic rings. The molecular weight excluding hydrogens is 500 g/mol. The van der Waals surface area contributed by atoms with Gasteiger partial charge in [0.2, 0.25) is 5.78 Å². The van der Waals surface area contributed by atoms with Crippen LogP contribution < -0.4 is 5.32 Å². The maximum Gasteiger partial charge on any atom is 0.339 e. The van der Waals surface area contributed by atoms with Crippen molar-refractivity contribution in [2.45, 2.75) is 6.10 Å². The van der Waals surface area contributed by atoms with Crippen LogP contribution in [0.15, 0.2) is 103 Å². The number of cyclic esters (lactones) is 1. The van der Waals surface area contributed by atoms with Crippen molar-refractivity contribution in [2.24, 2.45) is 5.92 Å². The molecule has 0 unspecified atom stereocenters. The number of carbonyl (C=O) groups is 4. The van der Waals surface area contributed by atoms with E-state index in [-0.39, 0.29) is 16.8 Å². The zero-order chi connectivity index (χ0) is 27.5. The van der Waals surface area contributed by atoms with Crippen molar-refractivity contribution in [3.63, 3.8) is 0 Å². The van der Waals surface area contributed by atoms with Crippen LogP contribution in [0.1, 0.15) is 32.4 Å². The fraction of sp³-hybridized carbons (Fsp3) is 0.0667. The molecule has 39 heavy (non-hydrogen) atoms. The Morgan fingerprint density at radius 3 is 2.15 bits per heavy atom. The van der Waals surface area contributed by atoms with Gasteiger partial charge < -0.3 is 10.1 Å². The summed E-state index contributed by atoms with van der Waals surface area (Å²) >= 11 is 0. The monoisotopic (exact) mass is 520 g/mol. The average Bonchev–Trinajstić information content (AvgIpc) is 3.29. The van der Waals surface area contributed by atoms with Gasteiger partial charge in [-0.3, -0.25) is 24.5 Å². The number of anilines is 1. The summed E-state index contributed by atoms with van der Waals surface area (Å²) in [6.45, 7) is 0. The molecule has 5 rings (SSSR count). The summed E-state index contributed by atoms with van der Waals surface area (Å²) in [5, 5.41) is 13.7. The second-order valence-corrected chi connectivity index (χ2v) is 8.76. The van der Waals surface area contributed by atoms with Gasteiger partial charge in [0.25, 0.3) is 11.6 Å². The second-order valence-electron chi connectivity index (χ2n) is 8.76. The van der Waals surface area contributed by atoms with Crippen LogP contribution in [0.2, 0.25) is 0 Å². The molecule has 9 heteroatoms. The Balaban J connectivity index is 1.58. The lowest BCUT2D eigenvalue weighted by Gasteiger charge is -2.22. The Bertz CT molecular complexity index is 1630.